The summed E-state index contributed by atoms with van der Waals surface area (Å²) in [6.07, 6.45) is 6.06. The van der Waals surface area contributed by atoms with Crippen LogP contribution in [-0.4, -0.2) is 18.2 Å². The molecule has 0 radical (unpaired) electrons. The lowest BCUT2D eigenvalue weighted by Gasteiger charge is -2.08. The highest BCUT2D eigenvalue weighted by Crippen LogP contribution is 2.30. The SMILES string of the molecule is COc1cc2c(cc1/C=C/C(=O)O)CCC2. The Labute approximate surface area is 94.4 Å². The largest absolute Gasteiger partial charge is 0.496 e. The molecule has 3 heteroatoms. The molecule has 0 atom stereocenters. The second-order valence-electron chi connectivity index (χ2n) is 3.89. The summed E-state index contributed by atoms with van der Waals surface area (Å²) < 4.78 is 5.26. The van der Waals surface area contributed by atoms with E-state index in [1.165, 1.54) is 17.5 Å². The van der Waals surface area contributed by atoms with Crippen molar-refractivity contribution in [3.05, 3.63) is 34.9 Å². The zero-order valence-electron chi connectivity index (χ0n) is 9.19. The van der Waals surface area contributed by atoms with Crippen molar-refractivity contribution >= 4 is 12.0 Å². The predicted octanol–water partition coefficient (Wildman–Crippen LogP) is 2.28. The predicted molar refractivity (Wildman–Crippen MR) is 61.7 cm³/mol. The van der Waals surface area contributed by atoms with Gasteiger partial charge in [0.05, 0.1) is 7.11 Å². The molecule has 3 nitrogen and oxygen atoms in total. The summed E-state index contributed by atoms with van der Waals surface area (Å²) in [6, 6.07) is 4.05. The van der Waals surface area contributed by atoms with Crippen molar-refractivity contribution in [1.29, 1.82) is 0 Å². The van der Waals surface area contributed by atoms with Gasteiger partial charge in [-0.3, -0.25) is 0 Å². The fourth-order valence-corrected chi connectivity index (χ4v) is 2.09. The summed E-state index contributed by atoms with van der Waals surface area (Å²) in [5.74, 6) is -0.194. The van der Waals surface area contributed by atoms with Gasteiger partial charge in [-0.2, -0.15) is 0 Å². The van der Waals surface area contributed by atoms with Crippen molar-refractivity contribution in [3.8, 4) is 5.75 Å². The molecule has 0 amide bonds. The average molecular weight is 218 g/mol. The van der Waals surface area contributed by atoms with E-state index < -0.39 is 5.97 Å². The standard InChI is InChI=1S/C13H14O3/c1-16-12-8-10-4-2-3-9(10)7-11(12)5-6-13(14)15/h5-8H,2-4H2,1H3,(H,14,15)/b6-5+. The van der Waals surface area contributed by atoms with Crippen LogP contribution in [0.3, 0.4) is 0 Å². The van der Waals surface area contributed by atoms with E-state index in [9.17, 15) is 4.79 Å². The van der Waals surface area contributed by atoms with Gasteiger partial charge in [-0.1, -0.05) is 0 Å². The highest BCUT2D eigenvalue weighted by molar-refractivity contribution is 5.86. The molecule has 0 aromatic heterocycles. The number of aryl methyl sites for hydroxylation is 2. The lowest BCUT2D eigenvalue weighted by Crippen LogP contribution is -1.92. The third kappa shape index (κ3) is 2.08. The molecule has 0 bridgehead atoms. The molecule has 16 heavy (non-hydrogen) atoms. The number of aliphatic carboxylic acids is 1. The van der Waals surface area contributed by atoms with E-state index in [1.807, 2.05) is 12.1 Å². The van der Waals surface area contributed by atoms with Crippen molar-refractivity contribution in [1.82, 2.24) is 0 Å². The summed E-state index contributed by atoms with van der Waals surface area (Å²) in [6.45, 7) is 0. The van der Waals surface area contributed by atoms with Gasteiger partial charge in [-0.05, 0) is 48.6 Å². The van der Waals surface area contributed by atoms with Crippen LogP contribution in [0, 0.1) is 0 Å². The Hall–Kier alpha value is -1.77. The first kappa shape index (κ1) is 10.7. The number of methoxy groups -OCH3 is 1. The van der Waals surface area contributed by atoms with Crippen LogP contribution in [0.2, 0.25) is 0 Å². The van der Waals surface area contributed by atoms with Crippen LogP contribution in [0.1, 0.15) is 23.1 Å². The Bertz CT molecular complexity index is 447. The molecule has 2 rings (SSSR count). The number of carboxylic acid groups (broad SMARTS) is 1. The van der Waals surface area contributed by atoms with Gasteiger partial charge in [0.1, 0.15) is 5.75 Å². The monoisotopic (exact) mass is 218 g/mol. The van der Waals surface area contributed by atoms with Crippen LogP contribution >= 0.6 is 0 Å². The van der Waals surface area contributed by atoms with Crippen molar-refractivity contribution in [2.24, 2.45) is 0 Å². The summed E-state index contributed by atoms with van der Waals surface area (Å²) in [7, 11) is 1.61. The van der Waals surface area contributed by atoms with E-state index in [4.69, 9.17) is 9.84 Å². The van der Waals surface area contributed by atoms with E-state index in [0.717, 1.165) is 30.2 Å². The quantitative estimate of drug-likeness (QED) is 0.792. The molecule has 1 aromatic rings. The Morgan fingerprint density at radius 1 is 1.38 bits per heavy atom. The van der Waals surface area contributed by atoms with E-state index >= 15 is 0 Å². The van der Waals surface area contributed by atoms with Gasteiger partial charge in [0.2, 0.25) is 0 Å². The Kier molecular flexibility index (Phi) is 2.95. The van der Waals surface area contributed by atoms with Gasteiger partial charge < -0.3 is 9.84 Å². The van der Waals surface area contributed by atoms with Crippen LogP contribution in [0.15, 0.2) is 18.2 Å². The molecule has 1 N–H and O–H groups in total. The minimum Gasteiger partial charge on any atom is -0.496 e. The number of ether oxygens (including phenoxy) is 1. The number of carbonyl (C=O) groups is 1. The van der Waals surface area contributed by atoms with Crippen molar-refractivity contribution in [2.45, 2.75) is 19.3 Å². The summed E-state index contributed by atoms with van der Waals surface area (Å²) in [5, 5.41) is 8.60. The van der Waals surface area contributed by atoms with Crippen LogP contribution < -0.4 is 4.74 Å². The molecule has 0 aliphatic heterocycles. The highest BCUT2D eigenvalue weighted by atomic mass is 16.5. The Balaban J connectivity index is 2.39. The van der Waals surface area contributed by atoms with Gasteiger partial charge in [-0.15, -0.1) is 0 Å². The Morgan fingerprint density at radius 2 is 2.06 bits per heavy atom. The van der Waals surface area contributed by atoms with Crippen LogP contribution in [0.4, 0.5) is 0 Å². The zero-order chi connectivity index (χ0) is 11.5. The molecule has 0 heterocycles. The molecular weight excluding hydrogens is 204 g/mol. The molecule has 0 saturated carbocycles. The maximum absolute atomic E-state index is 10.5. The van der Waals surface area contributed by atoms with Gasteiger partial charge in [0.15, 0.2) is 0 Å². The fourth-order valence-electron chi connectivity index (χ4n) is 2.09. The summed E-state index contributed by atoms with van der Waals surface area (Å²) in [5.41, 5.74) is 3.47. The third-order valence-electron chi connectivity index (χ3n) is 2.85. The third-order valence-corrected chi connectivity index (χ3v) is 2.85. The topological polar surface area (TPSA) is 46.5 Å². The first-order valence-electron chi connectivity index (χ1n) is 5.31. The molecule has 1 aliphatic rings. The maximum Gasteiger partial charge on any atom is 0.328 e. The molecule has 0 fully saturated rings. The van der Waals surface area contributed by atoms with Crippen molar-refractivity contribution < 1.29 is 14.6 Å². The van der Waals surface area contributed by atoms with Crippen LogP contribution in [-0.2, 0) is 17.6 Å². The number of fused-ring (bicyclic) bond motifs is 1. The van der Waals surface area contributed by atoms with E-state index in [2.05, 4.69) is 0 Å². The number of benzene rings is 1. The molecule has 1 aromatic carbocycles. The van der Waals surface area contributed by atoms with E-state index in [-0.39, 0.29) is 0 Å². The van der Waals surface area contributed by atoms with Gasteiger partial charge in [0.25, 0.3) is 0 Å². The summed E-state index contributed by atoms with van der Waals surface area (Å²) in [4.78, 5) is 10.5. The zero-order valence-corrected chi connectivity index (χ0v) is 9.19. The second kappa shape index (κ2) is 4.39. The van der Waals surface area contributed by atoms with E-state index in [1.54, 1.807) is 13.2 Å². The highest BCUT2D eigenvalue weighted by Gasteiger charge is 2.13. The first-order valence-corrected chi connectivity index (χ1v) is 5.31. The number of carboxylic acids is 1. The van der Waals surface area contributed by atoms with Crippen molar-refractivity contribution in [3.63, 3.8) is 0 Å². The molecule has 0 saturated heterocycles. The molecule has 0 spiro atoms. The normalized spacial score (nSPS) is 14.1. The molecule has 84 valence electrons. The van der Waals surface area contributed by atoms with Crippen molar-refractivity contribution in [2.75, 3.05) is 7.11 Å². The molecule has 1 aliphatic carbocycles. The molecular formula is C13H14O3. The smallest absolute Gasteiger partial charge is 0.328 e. The van der Waals surface area contributed by atoms with Gasteiger partial charge in [0, 0.05) is 11.6 Å². The first-order chi connectivity index (χ1) is 7.70. The molecule has 0 unspecified atom stereocenters. The number of hydrogen-bond acceptors (Lipinski definition) is 2. The lowest BCUT2D eigenvalue weighted by molar-refractivity contribution is -0.131. The number of hydrogen-bond donors (Lipinski definition) is 1. The van der Waals surface area contributed by atoms with Gasteiger partial charge >= 0.3 is 5.97 Å². The van der Waals surface area contributed by atoms with E-state index in [0.29, 0.717) is 0 Å². The minimum atomic E-state index is -0.942. The lowest BCUT2D eigenvalue weighted by atomic mass is 10.0. The minimum absolute atomic E-state index is 0.748. The van der Waals surface area contributed by atoms with Gasteiger partial charge in [-0.25, -0.2) is 4.79 Å². The fraction of sp³-hybridized carbons (Fsp3) is 0.308. The van der Waals surface area contributed by atoms with Crippen LogP contribution in [0.5, 0.6) is 5.75 Å². The Morgan fingerprint density at radius 3 is 2.69 bits per heavy atom. The second-order valence-corrected chi connectivity index (χ2v) is 3.89. The van der Waals surface area contributed by atoms with Crippen LogP contribution in [0.25, 0.3) is 6.08 Å². The number of rotatable bonds is 3. The summed E-state index contributed by atoms with van der Waals surface area (Å²) >= 11 is 0. The average Bonchev–Trinajstić information content (AvgIpc) is 2.71. The maximum atomic E-state index is 10.5.